The fraction of sp³-hybridized carbons (Fsp3) is 0.300. The topological polar surface area (TPSA) is 58.6 Å². The molecule has 1 aliphatic rings. The molecule has 3 rings (SSSR count). The molecule has 27 heavy (non-hydrogen) atoms. The second-order valence-electron chi connectivity index (χ2n) is 6.57. The number of amides is 2. The molecule has 1 N–H and O–H groups in total. The van der Waals surface area contributed by atoms with Crippen molar-refractivity contribution < 1.29 is 14.3 Å². The number of nitrogens with one attached hydrogen (secondary N) is 1. The van der Waals surface area contributed by atoms with Crippen LogP contribution in [-0.4, -0.2) is 25.0 Å². The summed E-state index contributed by atoms with van der Waals surface area (Å²) in [5.74, 6) is 0.0937. The molecule has 2 aromatic rings. The van der Waals surface area contributed by atoms with Crippen LogP contribution in [0.15, 0.2) is 30.3 Å². The van der Waals surface area contributed by atoms with Crippen LogP contribution >= 0.6 is 23.2 Å². The smallest absolute Gasteiger partial charge is 0.254 e. The second-order valence-corrected chi connectivity index (χ2v) is 7.41. The Morgan fingerprint density at radius 3 is 2.63 bits per heavy atom. The maximum atomic E-state index is 12.9. The van der Waals surface area contributed by atoms with Crippen molar-refractivity contribution in [2.45, 2.75) is 26.8 Å². The molecule has 0 saturated carbocycles. The molecule has 0 radical (unpaired) electrons. The minimum absolute atomic E-state index is 0.167. The molecule has 2 amide bonds. The zero-order chi connectivity index (χ0) is 19.7. The Kier molecular flexibility index (Phi) is 5.63. The van der Waals surface area contributed by atoms with Crippen molar-refractivity contribution >= 4 is 40.7 Å². The molecule has 7 heteroatoms. The molecule has 142 valence electrons. The molecule has 0 bridgehead atoms. The van der Waals surface area contributed by atoms with Crippen LogP contribution in [0.2, 0.25) is 10.0 Å². The number of anilines is 1. The quantitative estimate of drug-likeness (QED) is 0.808. The summed E-state index contributed by atoms with van der Waals surface area (Å²) in [4.78, 5) is 26.2. The van der Waals surface area contributed by atoms with Crippen molar-refractivity contribution in [1.29, 1.82) is 0 Å². The first-order valence-corrected chi connectivity index (χ1v) is 9.31. The first-order chi connectivity index (χ1) is 12.8. The predicted molar refractivity (Wildman–Crippen MR) is 107 cm³/mol. The molecule has 0 saturated heterocycles. The maximum Gasteiger partial charge on any atom is 0.254 e. The molecular weight excluding hydrogens is 387 g/mol. The van der Waals surface area contributed by atoms with Gasteiger partial charge in [0.15, 0.2) is 0 Å². The number of carbonyl (C=O) groups is 2. The van der Waals surface area contributed by atoms with Gasteiger partial charge < -0.3 is 15.0 Å². The van der Waals surface area contributed by atoms with E-state index in [2.05, 4.69) is 5.32 Å². The van der Waals surface area contributed by atoms with Crippen molar-refractivity contribution in [2.75, 3.05) is 18.1 Å². The van der Waals surface area contributed by atoms with E-state index in [0.29, 0.717) is 22.3 Å². The van der Waals surface area contributed by atoms with Crippen LogP contribution in [0.4, 0.5) is 5.69 Å². The molecule has 1 atom stereocenters. The number of carbonyl (C=O) groups excluding carboxylic acids is 2. The first-order valence-electron chi connectivity index (χ1n) is 8.55. The van der Waals surface area contributed by atoms with Crippen molar-refractivity contribution in [3.63, 3.8) is 0 Å². The van der Waals surface area contributed by atoms with E-state index in [1.54, 1.807) is 23.1 Å². The molecule has 0 fully saturated rings. The molecule has 5 nitrogen and oxygen atoms in total. The molecule has 0 aliphatic carbocycles. The van der Waals surface area contributed by atoms with Gasteiger partial charge in [0, 0.05) is 17.5 Å². The number of halogens is 2. The average molecular weight is 407 g/mol. The van der Waals surface area contributed by atoms with E-state index < -0.39 is 6.04 Å². The molecule has 1 aliphatic heterocycles. The minimum atomic E-state index is -0.671. The maximum absolute atomic E-state index is 12.9. The fourth-order valence-electron chi connectivity index (χ4n) is 3.38. The van der Waals surface area contributed by atoms with Crippen LogP contribution in [0, 0.1) is 13.8 Å². The van der Waals surface area contributed by atoms with Crippen molar-refractivity contribution in [3.05, 3.63) is 57.1 Å². The van der Waals surface area contributed by atoms with Crippen LogP contribution in [0.25, 0.3) is 0 Å². The molecule has 0 aromatic heterocycles. The van der Waals surface area contributed by atoms with Gasteiger partial charge in [0.25, 0.3) is 5.91 Å². The second kappa shape index (κ2) is 7.79. The summed E-state index contributed by atoms with van der Waals surface area (Å²) < 4.78 is 5.73. The zero-order valence-corrected chi connectivity index (χ0v) is 16.8. The van der Waals surface area contributed by atoms with Crippen LogP contribution in [-0.2, 0) is 9.59 Å². The van der Waals surface area contributed by atoms with E-state index in [0.717, 1.165) is 22.4 Å². The first kappa shape index (κ1) is 19.5. The third-order valence-electron chi connectivity index (χ3n) is 4.38. The number of fused-ring (bicyclic) bond motifs is 1. The van der Waals surface area contributed by atoms with Gasteiger partial charge in [0.05, 0.1) is 17.3 Å². The van der Waals surface area contributed by atoms with E-state index in [9.17, 15) is 9.59 Å². The number of benzene rings is 2. The monoisotopic (exact) mass is 406 g/mol. The SMILES string of the molecule is CC(=O)N[C@@H]1C(=O)N(CCOc2ccc(Cl)cc2Cl)c2c(C)cc(C)cc21. The van der Waals surface area contributed by atoms with Crippen LogP contribution < -0.4 is 15.0 Å². The van der Waals surface area contributed by atoms with E-state index in [4.69, 9.17) is 27.9 Å². The Hall–Kier alpha value is -2.24. The van der Waals surface area contributed by atoms with E-state index in [1.165, 1.54) is 6.92 Å². The van der Waals surface area contributed by atoms with Gasteiger partial charge in [-0.1, -0.05) is 40.9 Å². The Bertz CT molecular complexity index is 914. The Balaban J connectivity index is 1.81. The number of hydrogen-bond donors (Lipinski definition) is 1. The van der Waals surface area contributed by atoms with Gasteiger partial charge in [0.1, 0.15) is 18.4 Å². The Labute approximate surface area is 168 Å². The molecular formula is C20H20Cl2N2O3. The lowest BCUT2D eigenvalue weighted by atomic mass is 10.0. The summed E-state index contributed by atoms with van der Waals surface area (Å²) in [6.45, 7) is 5.93. The van der Waals surface area contributed by atoms with E-state index >= 15 is 0 Å². The van der Waals surface area contributed by atoms with Gasteiger partial charge in [0.2, 0.25) is 5.91 Å². The average Bonchev–Trinajstić information content (AvgIpc) is 2.82. The van der Waals surface area contributed by atoms with Gasteiger partial charge in [-0.3, -0.25) is 9.59 Å². The van der Waals surface area contributed by atoms with Crippen molar-refractivity contribution in [3.8, 4) is 5.75 Å². The lowest BCUT2D eigenvalue weighted by Gasteiger charge is -2.20. The third kappa shape index (κ3) is 4.04. The molecule has 0 spiro atoms. The van der Waals surface area contributed by atoms with Gasteiger partial charge in [-0.25, -0.2) is 0 Å². The van der Waals surface area contributed by atoms with Crippen LogP contribution in [0.1, 0.15) is 29.7 Å². The van der Waals surface area contributed by atoms with Crippen LogP contribution in [0.3, 0.4) is 0 Å². The normalized spacial score (nSPS) is 15.7. The van der Waals surface area contributed by atoms with E-state index in [1.807, 2.05) is 26.0 Å². The molecule has 1 heterocycles. The van der Waals surface area contributed by atoms with Gasteiger partial charge in [-0.05, 0) is 37.6 Å². The number of rotatable bonds is 5. The van der Waals surface area contributed by atoms with Gasteiger partial charge in [-0.2, -0.15) is 0 Å². The van der Waals surface area contributed by atoms with Gasteiger partial charge in [-0.15, -0.1) is 0 Å². The minimum Gasteiger partial charge on any atom is -0.490 e. The standard InChI is InChI=1S/C20H20Cl2N2O3/c1-11-8-12(2)19-15(9-11)18(23-13(3)25)20(26)24(19)6-7-27-17-5-4-14(21)10-16(17)22/h4-5,8-10,18H,6-7H2,1-3H3,(H,23,25)/t18-/m0/s1. The highest BCUT2D eigenvalue weighted by Gasteiger charge is 2.38. The van der Waals surface area contributed by atoms with Gasteiger partial charge >= 0.3 is 0 Å². The summed E-state index contributed by atoms with van der Waals surface area (Å²) in [5.41, 5.74) is 3.67. The van der Waals surface area contributed by atoms with Crippen LogP contribution in [0.5, 0.6) is 5.75 Å². The zero-order valence-electron chi connectivity index (χ0n) is 15.3. The highest BCUT2D eigenvalue weighted by Crippen LogP contribution is 2.39. The third-order valence-corrected chi connectivity index (χ3v) is 4.91. The Morgan fingerprint density at radius 1 is 1.22 bits per heavy atom. The highest BCUT2D eigenvalue weighted by atomic mass is 35.5. The lowest BCUT2D eigenvalue weighted by molar-refractivity contribution is -0.126. The number of ether oxygens (including phenoxy) is 1. The lowest BCUT2D eigenvalue weighted by Crippen LogP contribution is -2.38. The summed E-state index contributed by atoms with van der Waals surface area (Å²) in [5, 5.41) is 3.69. The number of nitrogens with zero attached hydrogens (tertiary/aromatic N) is 1. The number of aryl methyl sites for hydroxylation is 2. The van der Waals surface area contributed by atoms with Crippen molar-refractivity contribution in [2.24, 2.45) is 0 Å². The predicted octanol–water partition coefficient (Wildman–Crippen LogP) is 4.21. The van der Waals surface area contributed by atoms with Crippen molar-refractivity contribution in [1.82, 2.24) is 5.32 Å². The van der Waals surface area contributed by atoms with E-state index in [-0.39, 0.29) is 18.4 Å². The fourth-order valence-corrected chi connectivity index (χ4v) is 3.85. The summed E-state index contributed by atoms with van der Waals surface area (Å²) >= 11 is 12.0. The summed E-state index contributed by atoms with van der Waals surface area (Å²) in [6, 6.07) is 8.28. The highest BCUT2D eigenvalue weighted by molar-refractivity contribution is 6.35. The Morgan fingerprint density at radius 2 is 1.96 bits per heavy atom. The summed E-state index contributed by atoms with van der Waals surface area (Å²) in [7, 11) is 0. The molecule has 0 unspecified atom stereocenters. The largest absolute Gasteiger partial charge is 0.490 e. The molecule has 2 aromatic carbocycles. The summed E-state index contributed by atoms with van der Waals surface area (Å²) in [6.07, 6.45) is 0. The number of hydrogen-bond acceptors (Lipinski definition) is 3.